The van der Waals surface area contributed by atoms with Gasteiger partial charge >= 0.3 is 0 Å². The highest BCUT2D eigenvalue weighted by atomic mass is 16.5. The lowest BCUT2D eigenvalue weighted by Crippen LogP contribution is -2.48. The van der Waals surface area contributed by atoms with Crippen LogP contribution >= 0.6 is 0 Å². The fraction of sp³-hybridized carbons (Fsp3) is 0.455. The first-order chi connectivity index (χ1) is 7.20. The monoisotopic (exact) mass is 209 g/mol. The number of rotatable bonds is 1. The standard InChI is InChI=1S/C11H13O4/c12-8-6-15-11(10(14)9(8)13)7-4-2-1-3-5-7/h2-5,8-14H,6H2/t8-,9+,10-,11+/m1/s1. The second kappa shape index (κ2) is 4.28. The maximum absolute atomic E-state index is 9.72. The zero-order chi connectivity index (χ0) is 10.8. The average molecular weight is 209 g/mol. The molecule has 4 heteroatoms. The van der Waals surface area contributed by atoms with Crippen molar-refractivity contribution in [3.63, 3.8) is 0 Å². The van der Waals surface area contributed by atoms with Gasteiger partial charge in [-0.25, -0.2) is 0 Å². The van der Waals surface area contributed by atoms with Crippen LogP contribution in [0.2, 0.25) is 0 Å². The normalized spacial score (nSPS) is 36.5. The van der Waals surface area contributed by atoms with Crippen molar-refractivity contribution >= 4 is 0 Å². The molecule has 0 amide bonds. The van der Waals surface area contributed by atoms with Crippen molar-refractivity contribution in [2.75, 3.05) is 6.61 Å². The van der Waals surface area contributed by atoms with E-state index in [0.717, 1.165) is 5.56 Å². The molecule has 1 aromatic rings. The smallest absolute Gasteiger partial charge is 0.113 e. The summed E-state index contributed by atoms with van der Waals surface area (Å²) in [6.07, 6.45) is -3.87. The van der Waals surface area contributed by atoms with Gasteiger partial charge in [0.1, 0.15) is 24.4 Å². The van der Waals surface area contributed by atoms with E-state index in [2.05, 4.69) is 6.07 Å². The SMILES string of the molecule is O[C@@H]1[C@@H](O)[C@H](c2cc[c]cc2)OC[C@H]1O. The van der Waals surface area contributed by atoms with Crippen molar-refractivity contribution in [1.82, 2.24) is 0 Å². The van der Waals surface area contributed by atoms with Gasteiger partial charge in [0.15, 0.2) is 0 Å². The Kier molecular flexibility index (Phi) is 3.02. The largest absolute Gasteiger partial charge is 0.388 e. The Morgan fingerprint density at radius 1 is 1.13 bits per heavy atom. The number of aliphatic hydroxyl groups is 3. The van der Waals surface area contributed by atoms with E-state index in [0.29, 0.717) is 0 Å². The molecule has 0 aliphatic carbocycles. The van der Waals surface area contributed by atoms with Gasteiger partial charge in [0.25, 0.3) is 0 Å². The van der Waals surface area contributed by atoms with Gasteiger partial charge in [0.2, 0.25) is 0 Å². The summed E-state index contributed by atoms with van der Waals surface area (Å²) >= 11 is 0. The first-order valence-electron chi connectivity index (χ1n) is 4.82. The molecule has 2 rings (SSSR count). The molecule has 1 radical (unpaired) electrons. The molecule has 0 saturated carbocycles. The van der Waals surface area contributed by atoms with E-state index in [1.807, 2.05) is 0 Å². The van der Waals surface area contributed by atoms with E-state index in [-0.39, 0.29) is 6.61 Å². The third-order valence-electron chi connectivity index (χ3n) is 2.57. The second-order valence-corrected chi connectivity index (χ2v) is 3.64. The lowest BCUT2D eigenvalue weighted by atomic mass is 9.95. The van der Waals surface area contributed by atoms with Crippen molar-refractivity contribution in [3.8, 4) is 0 Å². The lowest BCUT2D eigenvalue weighted by molar-refractivity contribution is -0.189. The molecule has 0 aromatic heterocycles. The molecular formula is C11H13O4. The Balaban J connectivity index is 2.17. The van der Waals surface area contributed by atoms with Crippen molar-refractivity contribution in [2.45, 2.75) is 24.4 Å². The summed E-state index contributed by atoms with van der Waals surface area (Å²) in [5, 5.41) is 28.5. The molecule has 0 unspecified atom stereocenters. The van der Waals surface area contributed by atoms with Crippen LogP contribution in [-0.4, -0.2) is 40.2 Å². The van der Waals surface area contributed by atoms with E-state index < -0.39 is 24.4 Å². The van der Waals surface area contributed by atoms with E-state index in [1.54, 1.807) is 24.3 Å². The topological polar surface area (TPSA) is 69.9 Å². The Labute approximate surface area is 87.7 Å². The minimum absolute atomic E-state index is 0.0293. The molecule has 0 spiro atoms. The van der Waals surface area contributed by atoms with Gasteiger partial charge in [-0.2, -0.15) is 0 Å². The van der Waals surface area contributed by atoms with Crippen LogP contribution in [0.3, 0.4) is 0 Å². The Bertz CT molecular complexity index is 314. The van der Waals surface area contributed by atoms with Crippen LogP contribution < -0.4 is 0 Å². The van der Waals surface area contributed by atoms with Crippen molar-refractivity contribution in [3.05, 3.63) is 35.9 Å². The molecule has 1 fully saturated rings. The molecular weight excluding hydrogens is 196 g/mol. The molecule has 1 aliphatic rings. The first kappa shape index (κ1) is 10.6. The van der Waals surface area contributed by atoms with Gasteiger partial charge in [-0.05, 0) is 11.6 Å². The Morgan fingerprint density at radius 3 is 2.47 bits per heavy atom. The highest BCUT2D eigenvalue weighted by Crippen LogP contribution is 2.28. The number of benzene rings is 1. The number of hydrogen-bond donors (Lipinski definition) is 3. The van der Waals surface area contributed by atoms with E-state index in [1.165, 1.54) is 0 Å². The van der Waals surface area contributed by atoms with Gasteiger partial charge in [0, 0.05) is 0 Å². The van der Waals surface area contributed by atoms with Crippen LogP contribution in [0.4, 0.5) is 0 Å². The van der Waals surface area contributed by atoms with Crippen LogP contribution in [0.25, 0.3) is 0 Å². The molecule has 1 saturated heterocycles. The Morgan fingerprint density at radius 2 is 1.80 bits per heavy atom. The van der Waals surface area contributed by atoms with E-state index in [9.17, 15) is 15.3 Å². The van der Waals surface area contributed by atoms with Crippen LogP contribution in [0.1, 0.15) is 11.7 Å². The first-order valence-corrected chi connectivity index (χ1v) is 4.82. The number of hydrogen-bond acceptors (Lipinski definition) is 4. The molecule has 3 N–H and O–H groups in total. The van der Waals surface area contributed by atoms with Gasteiger partial charge in [0.05, 0.1) is 6.61 Å². The molecule has 0 bridgehead atoms. The number of aliphatic hydroxyl groups excluding tert-OH is 3. The molecule has 4 nitrogen and oxygen atoms in total. The Hall–Kier alpha value is -0.940. The third-order valence-corrected chi connectivity index (χ3v) is 2.57. The summed E-state index contributed by atoms with van der Waals surface area (Å²) in [6, 6.07) is 9.80. The lowest BCUT2D eigenvalue weighted by Gasteiger charge is -2.35. The summed E-state index contributed by atoms with van der Waals surface area (Å²) in [5.74, 6) is 0. The number of ether oxygens (including phenoxy) is 1. The highest BCUT2D eigenvalue weighted by molar-refractivity contribution is 5.19. The van der Waals surface area contributed by atoms with E-state index >= 15 is 0 Å². The van der Waals surface area contributed by atoms with Crippen LogP contribution in [0.5, 0.6) is 0 Å². The summed E-state index contributed by atoms with van der Waals surface area (Å²) in [6.45, 7) is 0.0293. The fourth-order valence-electron chi connectivity index (χ4n) is 1.69. The summed E-state index contributed by atoms with van der Waals surface area (Å²) in [7, 11) is 0. The highest BCUT2D eigenvalue weighted by Gasteiger charge is 2.37. The van der Waals surface area contributed by atoms with Gasteiger partial charge in [-0.15, -0.1) is 0 Å². The maximum atomic E-state index is 9.72. The predicted molar refractivity (Wildman–Crippen MR) is 52.0 cm³/mol. The van der Waals surface area contributed by atoms with Crippen LogP contribution in [0.15, 0.2) is 24.3 Å². The van der Waals surface area contributed by atoms with E-state index in [4.69, 9.17) is 4.74 Å². The third kappa shape index (κ3) is 2.03. The second-order valence-electron chi connectivity index (χ2n) is 3.64. The molecule has 15 heavy (non-hydrogen) atoms. The molecule has 81 valence electrons. The molecule has 1 aliphatic heterocycles. The molecule has 1 aromatic carbocycles. The van der Waals surface area contributed by atoms with Crippen molar-refractivity contribution < 1.29 is 20.1 Å². The zero-order valence-corrected chi connectivity index (χ0v) is 8.08. The summed E-state index contributed by atoms with van der Waals surface area (Å²) in [4.78, 5) is 0. The maximum Gasteiger partial charge on any atom is 0.113 e. The predicted octanol–water partition coefficient (Wildman–Crippen LogP) is -0.359. The van der Waals surface area contributed by atoms with Crippen LogP contribution in [0, 0.1) is 6.07 Å². The van der Waals surface area contributed by atoms with Gasteiger partial charge in [-0.1, -0.05) is 24.3 Å². The van der Waals surface area contributed by atoms with Gasteiger partial charge in [-0.3, -0.25) is 0 Å². The summed E-state index contributed by atoms with van der Waals surface area (Å²) < 4.78 is 5.29. The minimum Gasteiger partial charge on any atom is -0.388 e. The molecule has 1 heterocycles. The minimum atomic E-state index is -1.16. The molecule has 4 atom stereocenters. The van der Waals surface area contributed by atoms with Crippen molar-refractivity contribution in [1.29, 1.82) is 0 Å². The summed E-state index contributed by atoms with van der Waals surface area (Å²) in [5.41, 5.74) is 0.771. The van der Waals surface area contributed by atoms with Crippen LogP contribution in [-0.2, 0) is 4.74 Å². The zero-order valence-electron chi connectivity index (χ0n) is 8.08. The fourth-order valence-corrected chi connectivity index (χ4v) is 1.69. The average Bonchev–Trinajstić information content (AvgIpc) is 2.27. The van der Waals surface area contributed by atoms with Gasteiger partial charge < -0.3 is 20.1 Å². The quantitative estimate of drug-likeness (QED) is 0.591. The van der Waals surface area contributed by atoms with Crippen molar-refractivity contribution in [2.24, 2.45) is 0 Å².